The lowest BCUT2D eigenvalue weighted by molar-refractivity contribution is -0.137. The normalized spacial score (nSPS) is 17.9. The average Bonchev–Trinajstić information content (AvgIpc) is 3.20. The third-order valence-electron chi connectivity index (χ3n) is 6.12. The van der Waals surface area contributed by atoms with Gasteiger partial charge in [0.05, 0.1) is 40.0 Å². The van der Waals surface area contributed by atoms with Crippen LogP contribution in [0.5, 0.6) is 0 Å². The Morgan fingerprint density at radius 1 is 1.16 bits per heavy atom. The fourth-order valence-electron chi connectivity index (χ4n) is 4.39. The SMILES string of the molecule is Cc1cc(C(=O)Nc2cnn3c2C(=O)C(c2ccc(C(F)(F)F)c(Cl)c2)C[C@@H]3C)cnc1NC(C)(C)C. The van der Waals surface area contributed by atoms with E-state index in [0.717, 1.165) is 11.6 Å². The van der Waals surface area contributed by atoms with Gasteiger partial charge in [-0.15, -0.1) is 0 Å². The summed E-state index contributed by atoms with van der Waals surface area (Å²) in [5.41, 5.74) is 0.705. The molecule has 0 aliphatic carbocycles. The van der Waals surface area contributed by atoms with Crippen LogP contribution in [0.1, 0.15) is 83.6 Å². The van der Waals surface area contributed by atoms with Crippen LogP contribution in [-0.4, -0.2) is 32.0 Å². The summed E-state index contributed by atoms with van der Waals surface area (Å²) in [6, 6.07) is 4.80. The summed E-state index contributed by atoms with van der Waals surface area (Å²) >= 11 is 5.91. The molecule has 196 valence electrons. The van der Waals surface area contributed by atoms with Crippen LogP contribution < -0.4 is 10.6 Å². The number of anilines is 2. The Kier molecular flexibility index (Phi) is 6.83. The van der Waals surface area contributed by atoms with E-state index >= 15 is 0 Å². The minimum atomic E-state index is -4.59. The van der Waals surface area contributed by atoms with E-state index < -0.39 is 28.6 Å². The molecule has 37 heavy (non-hydrogen) atoms. The number of nitrogens with one attached hydrogen (secondary N) is 2. The van der Waals surface area contributed by atoms with E-state index in [0.29, 0.717) is 23.4 Å². The number of halogens is 4. The summed E-state index contributed by atoms with van der Waals surface area (Å²) in [4.78, 5) is 30.9. The number of fused-ring (bicyclic) bond motifs is 1. The number of amides is 1. The Hall–Kier alpha value is -3.40. The first-order chi connectivity index (χ1) is 17.2. The maximum atomic E-state index is 13.5. The van der Waals surface area contributed by atoms with E-state index in [1.807, 2.05) is 34.6 Å². The number of aromatic nitrogens is 3. The fraction of sp³-hybridized carbons (Fsp3) is 0.385. The highest BCUT2D eigenvalue weighted by atomic mass is 35.5. The number of carbonyl (C=O) groups excluding carboxylic acids is 2. The second-order valence-corrected chi connectivity index (χ2v) is 10.7. The highest BCUT2D eigenvalue weighted by Gasteiger charge is 2.38. The molecule has 0 radical (unpaired) electrons. The highest BCUT2D eigenvalue weighted by molar-refractivity contribution is 6.31. The second kappa shape index (κ2) is 9.48. The molecule has 3 aromatic rings. The summed E-state index contributed by atoms with van der Waals surface area (Å²) < 4.78 is 40.9. The minimum Gasteiger partial charge on any atom is -0.365 e. The molecule has 0 fully saturated rings. The molecule has 3 heterocycles. The first-order valence-corrected chi connectivity index (χ1v) is 12.1. The van der Waals surface area contributed by atoms with Crippen LogP contribution in [0, 0.1) is 6.92 Å². The number of alkyl halides is 3. The quantitative estimate of drug-likeness (QED) is 0.392. The molecule has 2 atom stereocenters. The van der Waals surface area contributed by atoms with Gasteiger partial charge in [-0.3, -0.25) is 14.3 Å². The Balaban J connectivity index is 1.60. The molecule has 2 N–H and O–H groups in total. The molecule has 0 saturated heterocycles. The first kappa shape index (κ1) is 26.7. The number of carbonyl (C=O) groups is 2. The summed E-state index contributed by atoms with van der Waals surface area (Å²) in [5, 5.41) is 9.83. The van der Waals surface area contributed by atoms with E-state index in [1.54, 1.807) is 6.07 Å². The van der Waals surface area contributed by atoms with Gasteiger partial charge in [-0.25, -0.2) is 4.98 Å². The van der Waals surface area contributed by atoms with Crippen LogP contribution in [0.3, 0.4) is 0 Å². The number of ketones is 1. The van der Waals surface area contributed by atoms with Crippen LogP contribution in [-0.2, 0) is 6.18 Å². The number of hydrogen-bond acceptors (Lipinski definition) is 5. The lowest BCUT2D eigenvalue weighted by Gasteiger charge is -2.28. The zero-order valence-electron chi connectivity index (χ0n) is 21.0. The third kappa shape index (κ3) is 5.49. The number of hydrogen-bond donors (Lipinski definition) is 2. The molecule has 1 unspecified atom stereocenters. The van der Waals surface area contributed by atoms with Gasteiger partial charge in [-0.05, 0) is 70.4 Å². The number of nitrogens with zero attached hydrogens (tertiary/aromatic N) is 3. The zero-order valence-corrected chi connectivity index (χ0v) is 21.8. The molecule has 4 rings (SSSR count). The van der Waals surface area contributed by atoms with Gasteiger partial charge in [0.1, 0.15) is 11.5 Å². The summed E-state index contributed by atoms with van der Waals surface area (Å²) in [5.74, 6) is -0.898. The van der Waals surface area contributed by atoms with Crippen LogP contribution >= 0.6 is 11.6 Å². The van der Waals surface area contributed by atoms with E-state index in [1.165, 1.54) is 29.2 Å². The molecule has 1 aromatic carbocycles. The Morgan fingerprint density at radius 2 is 1.86 bits per heavy atom. The molecule has 1 amide bonds. The van der Waals surface area contributed by atoms with Crippen molar-refractivity contribution in [3.63, 3.8) is 0 Å². The van der Waals surface area contributed by atoms with Gasteiger partial charge < -0.3 is 10.6 Å². The van der Waals surface area contributed by atoms with E-state index in [-0.39, 0.29) is 28.7 Å². The molecular weight excluding hydrogens is 507 g/mol. The van der Waals surface area contributed by atoms with Crippen molar-refractivity contribution in [3.05, 3.63) is 69.6 Å². The van der Waals surface area contributed by atoms with Crippen molar-refractivity contribution in [1.82, 2.24) is 14.8 Å². The average molecular weight is 534 g/mol. The van der Waals surface area contributed by atoms with Crippen molar-refractivity contribution in [1.29, 1.82) is 0 Å². The molecule has 0 bridgehead atoms. The Morgan fingerprint density at radius 3 is 2.46 bits per heavy atom. The van der Waals surface area contributed by atoms with E-state index in [2.05, 4.69) is 20.7 Å². The van der Waals surface area contributed by atoms with Crippen LogP contribution in [0.15, 0.2) is 36.7 Å². The van der Waals surface area contributed by atoms with Crippen molar-refractivity contribution in [2.45, 2.75) is 64.7 Å². The Bertz CT molecular complexity index is 1380. The molecule has 7 nitrogen and oxygen atoms in total. The van der Waals surface area contributed by atoms with Crippen LogP contribution in [0.2, 0.25) is 5.02 Å². The molecule has 2 aromatic heterocycles. The molecule has 0 spiro atoms. The van der Waals surface area contributed by atoms with E-state index in [9.17, 15) is 22.8 Å². The van der Waals surface area contributed by atoms with Gasteiger partial charge in [0.2, 0.25) is 0 Å². The van der Waals surface area contributed by atoms with Crippen molar-refractivity contribution >= 4 is 34.8 Å². The predicted molar refractivity (Wildman–Crippen MR) is 135 cm³/mol. The zero-order chi connectivity index (χ0) is 27.3. The smallest absolute Gasteiger partial charge is 0.365 e. The minimum absolute atomic E-state index is 0.184. The molecular formula is C26H27ClF3N5O2. The van der Waals surface area contributed by atoms with Crippen molar-refractivity contribution < 1.29 is 22.8 Å². The third-order valence-corrected chi connectivity index (χ3v) is 6.44. The molecule has 0 saturated carbocycles. The number of benzene rings is 1. The Labute approximate surface area is 217 Å². The van der Waals surface area contributed by atoms with Gasteiger partial charge in [-0.1, -0.05) is 17.7 Å². The van der Waals surface area contributed by atoms with Gasteiger partial charge in [0, 0.05) is 11.7 Å². The number of pyridine rings is 1. The van der Waals surface area contributed by atoms with Gasteiger partial charge >= 0.3 is 6.18 Å². The first-order valence-electron chi connectivity index (χ1n) is 11.7. The predicted octanol–water partition coefficient (Wildman–Crippen LogP) is 6.65. The van der Waals surface area contributed by atoms with Crippen LogP contribution in [0.25, 0.3) is 0 Å². The molecule has 1 aliphatic rings. The lowest BCUT2D eigenvalue weighted by atomic mass is 9.84. The fourth-order valence-corrected chi connectivity index (χ4v) is 4.69. The summed E-state index contributed by atoms with van der Waals surface area (Å²) in [6.45, 7) is 9.69. The van der Waals surface area contributed by atoms with Crippen molar-refractivity contribution in [2.24, 2.45) is 0 Å². The van der Waals surface area contributed by atoms with Gasteiger partial charge in [-0.2, -0.15) is 18.3 Å². The monoisotopic (exact) mass is 533 g/mol. The van der Waals surface area contributed by atoms with E-state index in [4.69, 9.17) is 11.6 Å². The second-order valence-electron chi connectivity index (χ2n) is 10.3. The van der Waals surface area contributed by atoms with Gasteiger partial charge in [0.25, 0.3) is 5.91 Å². The van der Waals surface area contributed by atoms with Crippen LogP contribution in [0.4, 0.5) is 24.7 Å². The van der Waals surface area contributed by atoms with Crippen molar-refractivity contribution in [2.75, 3.05) is 10.6 Å². The largest absolute Gasteiger partial charge is 0.417 e. The molecule has 11 heteroatoms. The van der Waals surface area contributed by atoms with Crippen molar-refractivity contribution in [3.8, 4) is 0 Å². The maximum Gasteiger partial charge on any atom is 0.417 e. The molecule has 1 aliphatic heterocycles. The summed E-state index contributed by atoms with van der Waals surface area (Å²) in [7, 11) is 0. The summed E-state index contributed by atoms with van der Waals surface area (Å²) in [6.07, 6.45) is -1.42. The van der Waals surface area contributed by atoms with Gasteiger partial charge in [0.15, 0.2) is 5.78 Å². The maximum absolute atomic E-state index is 13.5. The number of rotatable bonds is 4. The lowest BCUT2D eigenvalue weighted by Crippen LogP contribution is -2.29. The number of aryl methyl sites for hydroxylation is 1. The topological polar surface area (TPSA) is 88.9 Å². The number of Topliss-reactive ketones (excluding diaryl/α,β-unsaturated/α-hetero) is 1. The highest BCUT2D eigenvalue weighted by Crippen LogP contribution is 2.41. The standard InChI is InChI=1S/C26H27ClF3N5O2/c1-13-8-16(11-31-23(13)34-25(3,4)5)24(37)33-20-12-32-35-14(2)9-17(22(36)21(20)35)15-6-7-18(19(27)10-15)26(28,29)30/h6-8,10-12,14,17H,9H2,1-5H3,(H,31,34)(H,33,37)/t14-,17?/m0/s1.